The van der Waals surface area contributed by atoms with E-state index in [-0.39, 0.29) is 11.7 Å². The van der Waals surface area contributed by atoms with Crippen molar-refractivity contribution < 1.29 is 13.9 Å². The molecule has 0 bridgehead atoms. The molecule has 148 valence electrons. The molecule has 0 spiro atoms. The van der Waals surface area contributed by atoms with E-state index in [0.29, 0.717) is 35.9 Å². The van der Waals surface area contributed by atoms with Crippen LogP contribution < -0.4 is 11.1 Å². The summed E-state index contributed by atoms with van der Waals surface area (Å²) in [6, 6.07) is 6.37. The second-order valence-corrected chi connectivity index (χ2v) is 6.79. The molecule has 2 aliphatic rings. The fourth-order valence-electron chi connectivity index (χ4n) is 3.42. The highest BCUT2D eigenvalue weighted by atomic mass is 19.1. The highest BCUT2D eigenvalue weighted by Crippen LogP contribution is 2.38. The second kappa shape index (κ2) is 7.83. The largest absolute Gasteiger partial charge is 0.492 e. The molecule has 2 atom stereocenters. The van der Waals surface area contributed by atoms with Gasteiger partial charge >= 0.3 is 0 Å². The van der Waals surface area contributed by atoms with Crippen molar-refractivity contribution in [3.05, 3.63) is 77.2 Å². The van der Waals surface area contributed by atoms with Crippen molar-refractivity contribution in [3.63, 3.8) is 0 Å². The number of benzene rings is 1. The molecule has 2 heterocycles. The number of allylic oxidation sites excluding steroid dienone is 2. The third kappa shape index (κ3) is 3.73. The van der Waals surface area contributed by atoms with Gasteiger partial charge < -0.3 is 15.8 Å². The highest BCUT2D eigenvalue weighted by Gasteiger charge is 2.38. The molecule has 8 heteroatoms. The van der Waals surface area contributed by atoms with Crippen LogP contribution in [0, 0.1) is 11.7 Å². The van der Waals surface area contributed by atoms with E-state index in [9.17, 15) is 9.18 Å². The average Bonchev–Trinajstić information content (AvgIpc) is 3.16. The van der Waals surface area contributed by atoms with E-state index in [1.165, 1.54) is 12.1 Å². The van der Waals surface area contributed by atoms with Crippen LogP contribution in [0.15, 0.2) is 54.3 Å². The third-order valence-corrected chi connectivity index (χ3v) is 4.91. The molecule has 1 aliphatic carbocycles. The number of fused-ring (bicyclic) bond motifs is 1. The van der Waals surface area contributed by atoms with E-state index >= 15 is 0 Å². The van der Waals surface area contributed by atoms with Crippen molar-refractivity contribution in [1.29, 1.82) is 0 Å². The highest BCUT2D eigenvalue weighted by molar-refractivity contribution is 5.94. The number of hydrogen-bond acceptors (Lipinski definition) is 6. The molecular weight excluding hydrogens is 373 g/mol. The number of aromatic nitrogens is 3. The van der Waals surface area contributed by atoms with Gasteiger partial charge in [0.15, 0.2) is 11.6 Å². The molecule has 3 N–H and O–H groups in total. The Kier molecular flexibility index (Phi) is 5.07. The summed E-state index contributed by atoms with van der Waals surface area (Å²) in [5, 5.41) is 11.7. The molecule has 1 amide bonds. The molecule has 2 aromatic rings. The van der Waals surface area contributed by atoms with Gasteiger partial charge in [0.2, 0.25) is 5.91 Å². The standard InChI is InChI=1S/C21H20FN5O2/c1-2-17-21(24-10-12-5-3-6-13(22)9-12)25-20(27-26-17)16-11-29-18-14(16)7-4-8-15(18)19(23)28/h3-9,11,14,18H,2,10H2,1H3,(H2,23,28)(H,24,25,27). The molecule has 2 unspecified atom stereocenters. The topological polar surface area (TPSA) is 103 Å². The predicted octanol–water partition coefficient (Wildman–Crippen LogP) is 2.52. The van der Waals surface area contributed by atoms with Gasteiger partial charge in [0, 0.05) is 12.1 Å². The number of aryl methyl sites for hydroxylation is 1. The number of hydrogen-bond donors (Lipinski definition) is 2. The fraction of sp³-hybridized carbons (Fsp3) is 0.238. The number of nitrogens with two attached hydrogens (primary N) is 1. The van der Waals surface area contributed by atoms with Crippen molar-refractivity contribution in [3.8, 4) is 0 Å². The average molecular weight is 393 g/mol. The summed E-state index contributed by atoms with van der Waals surface area (Å²) in [7, 11) is 0. The van der Waals surface area contributed by atoms with Crippen molar-refractivity contribution in [2.45, 2.75) is 26.0 Å². The number of carbonyl (C=O) groups excluding carboxylic acids is 1. The van der Waals surface area contributed by atoms with Crippen LogP contribution in [0.5, 0.6) is 0 Å². The zero-order chi connectivity index (χ0) is 20.4. The van der Waals surface area contributed by atoms with Crippen LogP contribution in [0.1, 0.15) is 24.0 Å². The van der Waals surface area contributed by atoms with E-state index < -0.39 is 12.0 Å². The Bertz CT molecular complexity index is 1050. The number of nitrogens with zero attached hydrogens (tertiary/aromatic N) is 3. The van der Waals surface area contributed by atoms with Gasteiger partial charge in [-0.2, -0.15) is 0 Å². The summed E-state index contributed by atoms with van der Waals surface area (Å²) >= 11 is 0. The molecule has 0 radical (unpaired) electrons. The quantitative estimate of drug-likeness (QED) is 0.782. The van der Waals surface area contributed by atoms with Crippen molar-refractivity contribution >= 4 is 17.3 Å². The third-order valence-electron chi connectivity index (χ3n) is 4.91. The van der Waals surface area contributed by atoms with Gasteiger partial charge in [-0.25, -0.2) is 9.37 Å². The van der Waals surface area contributed by atoms with Crippen molar-refractivity contribution in [2.24, 2.45) is 11.7 Å². The van der Waals surface area contributed by atoms with Gasteiger partial charge in [0.25, 0.3) is 0 Å². The number of rotatable bonds is 6. The number of amides is 1. The van der Waals surface area contributed by atoms with E-state index in [2.05, 4.69) is 20.5 Å². The van der Waals surface area contributed by atoms with Crippen LogP contribution in [0.3, 0.4) is 0 Å². The molecule has 1 aromatic heterocycles. The monoisotopic (exact) mass is 393 g/mol. The first-order valence-electron chi connectivity index (χ1n) is 9.32. The lowest BCUT2D eigenvalue weighted by atomic mass is 9.86. The van der Waals surface area contributed by atoms with E-state index in [0.717, 1.165) is 11.1 Å². The molecular formula is C21H20FN5O2. The van der Waals surface area contributed by atoms with Crippen molar-refractivity contribution in [2.75, 3.05) is 5.32 Å². The zero-order valence-electron chi connectivity index (χ0n) is 15.8. The Labute approximate surface area is 167 Å². The number of anilines is 1. The van der Waals surface area contributed by atoms with Crippen LogP contribution >= 0.6 is 0 Å². The maximum atomic E-state index is 13.4. The molecule has 0 saturated heterocycles. The summed E-state index contributed by atoms with van der Waals surface area (Å²) in [6.07, 6.45) is 7.08. The molecule has 7 nitrogen and oxygen atoms in total. The van der Waals surface area contributed by atoms with Crippen LogP contribution in [0.2, 0.25) is 0 Å². The maximum absolute atomic E-state index is 13.4. The Hall–Kier alpha value is -3.55. The van der Waals surface area contributed by atoms with Crippen LogP contribution in [0.4, 0.5) is 10.2 Å². The lowest BCUT2D eigenvalue weighted by molar-refractivity contribution is -0.115. The first-order valence-corrected chi connectivity index (χ1v) is 9.32. The SMILES string of the molecule is CCc1nnc(C2=COC3C(C(N)=O)=CC=CC23)nc1NCc1cccc(F)c1. The van der Waals surface area contributed by atoms with Crippen LogP contribution in [-0.4, -0.2) is 27.2 Å². The van der Waals surface area contributed by atoms with Gasteiger partial charge in [-0.05, 0) is 24.1 Å². The normalized spacial score (nSPS) is 19.8. The molecule has 4 rings (SSSR count). The lowest BCUT2D eigenvalue weighted by Gasteiger charge is -2.21. The van der Waals surface area contributed by atoms with Gasteiger partial charge in [0.05, 0.1) is 17.8 Å². The van der Waals surface area contributed by atoms with E-state index in [4.69, 9.17) is 10.5 Å². The number of carbonyl (C=O) groups is 1. The first kappa shape index (κ1) is 18.8. The van der Waals surface area contributed by atoms with Crippen molar-refractivity contribution in [1.82, 2.24) is 15.2 Å². The zero-order valence-corrected chi connectivity index (χ0v) is 15.8. The Balaban J connectivity index is 1.58. The fourth-order valence-corrected chi connectivity index (χ4v) is 3.42. The summed E-state index contributed by atoms with van der Waals surface area (Å²) in [4.78, 5) is 16.3. The summed E-state index contributed by atoms with van der Waals surface area (Å²) in [5.74, 6) is -0.0312. The molecule has 0 fully saturated rings. The lowest BCUT2D eigenvalue weighted by Crippen LogP contribution is -2.30. The number of nitrogens with one attached hydrogen (secondary N) is 1. The van der Waals surface area contributed by atoms with Gasteiger partial charge in [-0.3, -0.25) is 4.79 Å². The first-order chi connectivity index (χ1) is 14.1. The smallest absolute Gasteiger partial charge is 0.248 e. The van der Waals surface area contributed by atoms with Gasteiger partial charge in [-0.1, -0.05) is 37.3 Å². The van der Waals surface area contributed by atoms with Gasteiger partial charge in [-0.15, -0.1) is 10.2 Å². The number of primary amides is 1. The predicted molar refractivity (Wildman–Crippen MR) is 106 cm³/mol. The number of halogens is 1. The summed E-state index contributed by atoms with van der Waals surface area (Å²) in [5.41, 5.74) is 8.08. The van der Waals surface area contributed by atoms with E-state index in [1.807, 2.05) is 19.1 Å². The molecule has 29 heavy (non-hydrogen) atoms. The minimum absolute atomic E-state index is 0.215. The number of ether oxygens (including phenoxy) is 1. The minimum Gasteiger partial charge on any atom is -0.492 e. The van der Waals surface area contributed by atoms with Gasteiger partial charge in [0.1, 0.15) is 17.6 Å². The van der Waals surface area contributed by atoms with Crippen LogP contribution in [0.25, 0.3) is 5.57 Å². The Morgan fingerprint density at radius 2 is 2.21 bits per heavy atom. The molecule has 0 saturated carbocycles. The van der Waals surface area contributed by atoms with Crippen LogP contribution in [-0.2, 0) is 22.5 Å². The maximum Gasteiger partial charge on any atom is 0.248 e. The molecule has 1 aliphatic heterocycles. The minimum atomic E-state index is -0.517. The Morgan fingerprint density at radius 1 is 1.34 bits per heavy atom. The van der Waals surface area contributed by atoms with E-state index in [1.54, 1.807) is 24.5 Å². The second-order valence-electron chi connectivity index (χ2n) is 6.79. The Morgan fingerprint density at radius 3 is 2.97 bits per heavy atom. The molecule has 1 aromatic carbocycles. The summed E-state index contributed by atoms with van der Waals surface area (Å²) in [6.45, 7) is 2.36. The summed E-state index contributed by atoms with van der Waals surface area (Å²) < 4.78 is 19.1.